The Bertz CT molecular complexity index is 1270. The van der Waals surface area contributed by atoms with Gasteiger partial charge in [-0.1, -0.05) is 23.5 Å². The van der Waals surface area contributed by atoms with Gasteiger partial charge < -0.3 is 9.88 Å². The lowest BCUT2D eigenvalue weighted by molar-refractivity contribution is 0.102. The summed E-state index contributed by atoms with van der Waals surface area (Å²) in [7, 11) is 0. The first kappa shape index (κ1) is 18.3. The standard InChI is InChI=1S/C22H19N7OS/c30-20(18-11-15(8-9-23-18)22-28-27-21(31-22)13-4-5-13)25-16-3-1-2-14(10-16)19-26-24-12-29(19)17-6-7-17/h1-3,8-13,17H,4-7H2,(H,25,30). The van der Waals surface area contributed by atoms with Crippen LogP contribution < -0.4 is 5.32 Å². The molecule has 3 aromatic heterocycles. The number of aromatic nitrogens is 6. The average Bonchev–Trinajstić information content (AvgIpc) is 3.73. The van der Waals surface area contributed by atoms with Crippen LogP contribution in [0.3, 0.4) is 0 Å². The van der Waals surface area contributed by atoms with E-state index in [4.69, 9.17) is 0 Å². The lowest BCUT2D eigenvalue weighted by atomic mass is 10.1. The Morgan fingerprint density at radius 1 is 1.03 bits per heavy atom. The Morgan fingerprint density at radius 2 is 1.94 bits per heavy atom. The van der Waals surface area contributed by atoms with E-state index in [0.29, 0.717) is 23.3 Å². The van der Waals surface area contributed by atoms with Crippen molar-refractivity contribution in [1.82, 2.24) is 29.9 Å². The molecular weight excluding hydrogens is 410 g/mol. The molecule has 8 nitrogen and oxygen atoms in total. The zero-order chi connectivity index (χ0) is 20.8. The topological polar surface area (TPSA) is 98.5 Å². The predicted molar refractivity (Wildman–Crippen MR) is 117 cm³/mol. The molecule has 1 N–H and O–H groups in total. The summed E-state index contributed by atoms with van der Waals surface area (Å²) in [6, 6.07) is 11.8. The van der Waals surface area contributed by atoms with Gasteiger partial charge in [0.2, 0.25) is 0 Å². The van der Waals surface area contributed by atoms with Crippen molar-refractivity contribution in [2.45, 2.75) is 37.6 Å². The maximum atomic E-state index is 12.9. The van der Waals surface area contributed by atoms with Crippen LogP contribution in [-0.2, 0) is 0 Å². The summed E-state index contributed by atoms with van der Waals surface area (Å²) in [6.07, 6.45) is 8.09. The summed E-state index contributed by atoms with van der Waals surface area (Å²) in [6.45, 7) is 0. The van der Waals surface area contributed by atoms with E-state index in [0.717, 1.165) is 39.8 Å². The fraction of sp³-hybridized carbons (Fsp3) is 0.273. The summed E-state index contributed by atoms with van der Waals surface area (Å²) in [5.41, 5.74) is 2.81. The predicted octanol–water partition coefficient (Wildman–Crippen LogP) is 4.32. The van der Waals surface area contributed by atoms with Gasteiger partial charge in [0.25, 0.3) is 5.91 Å². The zero-order valence-electron chi connectivity index (χ0n) is 16.6. The summed E-state index contributed by atoms with van der Waals surface area (Å²) in [5, 5.41) is 21.7. The first-order valence-electron chi connectivity index (χ1n) is 10.4. The van der Waals surface area contributed by atoms with Gasteiger partial charge in [-0.3, -0.25) is 9.78 Å². The highest BCUT2D eigenvalue weighted by atomic mass is 32.1. The largest absolute Gasteiger partial charge is 0.321 e. The van der Waals surface area contributed by atoms with Crippen molar-refractivity contribution in [1.29, 1.82) is 0 Å². The molecule has 3 heterocycles. The fourth-order valence-electron chi connectivity index (χ4n) is 3.53. The Labute approximate surface area is 182 Å². The molecule has 0 radical (unpaired) electrons. The number of nitrogens with zero attached hydrogens (tertiary/aromatic N) is 6. The van der Waals surface area contributed by atoms with E-state index in [1.807, 2.05) is 30.3 Å². The third-order valence-electron chi connectivity index (χ3n) is 5.50. The van der Waals surface area contributed by atoms with Gasteiger partial charge >= 0.3 is 0 Å². The third kappa shape index (κ3) is 3.72. The van der Waals surface area contributed by atoms with Crippen LogP contribution in [0.1, 0.15) is 53.1 Å². The molecule has 0 spiro atoms. The first-order chi connectivity index (χ1) is 15.2. The molecule has 2 saturated carbocycles. The zero-order valence-corrected chi connectivity index (χ0v) is 17.4. The number of carbonyl (C=O) groups excluding carboxylic acids is 1. The minimum absolute atomic E-state index is 0.269. The molecular formula is C22H19N7OS. The Morgan fingerprint density at radius 3 is 2.77 bits per heavy atom. The van der Waals surface area contributed by atoms with Crippen molar-refractivity contribution in [2.75, 3.05) is 5.32 Å². The molecule has 31 heavy (non-hydrogen) atoms. The van der Waals surface area contributed by atoms with Crippen LogP contribution in [0.4, 0.5) is 5.69 Å². The molecule has 1 amide bonds. The highest BCUT2D eigenvalue weighted by molar-refractivity contribution is 7.14. The van der Waals surface area contributed by atoms with Crippen molar-refractivity contribution in [3.05, 3.63) is 59.6 Å². The Kier molecular flexibility index (Phi) is 4.34. The van der Waals surface area contributed by atoms with Gasteiger partial charge in [0.1, 0.15) is 22.0 Å². The van der Waals surface area contributed by atoms with Crippen molar-refractivity contribution >= 4 is 22.9 Å². The van der Waals surface area contributed by atoms with Gasteiger partial charge in [-0.2, -0.15) is 0 Å². The van der Waals surface area contributed by atoms with Crippen molar-refractivity contribution < 1.29 is 4.79 Å². The SMILES string of the molecule is O=C(Nc1cccc(-c2nncn2C2CC2)c1)c1cc(-c2nnc(C3CC3)s2)ccn1. The molecule has 4 aromatic rings. The van der Waals surface area contributed by atoms with Gasteiger partial charge in [-0.15, -0.1) is 20.4 Å². The quantitative estimate of drug-likeness (QED) is 0.490. The highest BCUT2D eigenvalue weighted by Gasteiger charge is 2.28. The second-order valence-electron chi connectivity index (χ2n) is 7.98. The molecule has 2 fully saturated rings. The highest BCUT2D eigenvalue weighted by Crippen LogP contribution is 2.42. The number of carbonyl (C=O) groups is 1. The second-order valence-corrected chi connectivity index (χ2v) is 8.99. The second kappa shape index (κ2) is 7.35. The summed E-state index contributed by atoms with van der Waals surface area (Å²) < 4.78 is 2.10. The number of hydrogen-bond acceptors (Lipinski definition) is 7. The van der Waals surface area contributed by atoms with Crippen LogP contribution >= 0.6 is 11.3 Å². The number of benzene rings is 1. The molecule has 0 saturated heterocycles. The van der Waals surface area contributed by atoms with Crippen molar-refractivity contribution in [2.24, 2.45) is 0 Å². The fourth-order valence-corrected chi connectivity index (χ4v) is 4.54. The summed E-state index contributed by atoms with van der Waals surface area (Å²) in [5.74, 6) is 1.12. The van der Waals surface area contributed by atoms with Gasteiger partial charge in [0, 0.05) is 35.0 Å². The molecule has 0 aliphatic heterocycles. The number of anilines is 1. The lowest BCUT2D eigenvalue weighted by Gasteiger charge is -2.08. The minimum atomic E-state index is -0.269. The molecule has 6 rings (SSSR count). The van der Waals surface area contributed by atoms with Crippen LogP contribution in [0.5, 0.6) is 0 Å². The number of pyridine rings is 1. The molecule has 0 atom stereocenters. The normalized spacial score (nSPS) is 15.7. The van der Waals surface area contributed by atoms with Gasteiger partial charge in [0.05, 0.1) is 0 Å². The number of rotatable bonds is 6. The molecule has 2 aliphatic rings. The monoisotopic (exact) mass is 429 g/mol. The summed E-state index contributed by atoms with van der Waals surface area (Å²) >= 11 is 1.59. The van der Waals surface area contributed by atoms with Gasteiger partial charge in [-0.05, 0) is 49.9 Å². The van der Waals surface area contributed by atoms with Gasteiger partial charge in [0.15, 0.2) is 5.82 Å². The first-order valence-corrected chi connectivity index (χ1v) is 11.2. The van der Waals surface area contributed by atoms with E-state index in [2.05, 4.69) is 35.3 Å². The molecule has 0 unspecified atom stereocenters. The van der Waals surface area contributed by atoms with Crippen LogP contribution in [0.2, 0.25) is 0 Å². The van der Waals surface area contributed by atoms with Crippen molar-refractivity contribution in [3.63, 3.8) is 0 Å². The van der Waals surface area contributed by atoms with E-state index < -0.39 is 0 Å². The van der Waals surface area contributed by atoms with Gasteiger partial charge in [-0.25, -0.2) is 0 Å². The molecule has 154 valence electrons. The maximum absolute atomic E-state index is 12.9. The smallest absolute Gasteiger partial charge is 0.274 e. The van der Waals surface area contributed by atoms with Crippen LogP contribution in [0.15, 0.2) is 48.9 Å². The molecule has 0 bridgehead atoms. The van der Waals surface area contributed by atoms with Crippen LogP contribution in [0, 0.1) is 0 Å². The van der Waals surface area contributed by atoms with E-state index in [1.54, 1.807) is 29.9 Å². The van der Waals surface area contributed by atoms with E-state index in [1.165, 1.54) is 12.8 Å². The molecule has 1 aromatic carbocycles. The Hall–Kier alpha value is -3.46. The Balaban J connectivity index is 1.22. The molecule has 9 heteroatoms. The summed E-state index contributed by atoms with van der Waals surface area (Å²) in [4.78, 5) is 17.1. The van der Waals surface area contributed by atoms with Crippen LogP contribution in [-0.4, -0.2) is 35.9 Å². The van der Waals surface area contributed by atoms with E-state index >= 15 is 0 Å². The lowest BCUT2D eigenvalue weighted by Crippen LogP contribution is -2.13. The minimum Gasteiger partial charge on any atom is -0.321 e. The third-order valence-corrected chi connectivity index (χ3v) is 6.63. The molecule has 2 aliphatic carbocycles. The van der Waals surface area contributed by atoms with Crippen molar-refractivity contribution in [3.8, 4) is 22.0 Å². The average molecular weight is 430 g/mol. The maximum Gasteiger partial charge on any atom is 0.274 e. The number of amides is 1. The number of nitrogens with one attached hydrogen (secondary N) is 1. The van der Waals surface area contributed by atoms with E-state index in [-0.39, 0.29) is 5.91 Å². The number of hydrogen-bond donors (Lipinski definition) is 1. The van der Waals surface area contributed by atoms with Crippen LogP contribution in [0.25, 0.3) is 22.0 Å². The van der Waals surface area contributed by atoms with E-state index in [9.17, 15) is 4.79 Å².